The SMILES string of the molecule is C=CC1(C)CCC2C(C)(CCC3C(C)(COC(=O)CCC(=O)O)CCCC32C)O1. The van der Waals surface area contributed by atoms with Crippen molar-refractivity contribution in [3.05, 3.63) is 12.7 Å². The molecule has 1 aliphatic heterocycles. The van der Waals surface area contributed by atoms with Crippen LogP contribution < -0.4 is 0 Å². The van der Waals surface area contributed by atoms with Crippen molar-refractivity contribution in [2.45, 2.75) is 96.7 Å². The fraction of sp³-hybridized carbons (Fsp3) is 0.833. The lowest BCUT2D eigenvalue weighted by Gasteiger charge is -2.65. The summed E-state index contributed by atoms with van der Waals surface area (Å²) in [6.45, 7) is 13.5. The van der Waals surface area contributed by atoms with E-state index in [0.717, 1.165) is 38.5 Å². The fourth-order valence-corrected chi connectivity index (χ4v) is 7.03. The Bertz CT molecular complexity index is 674. The Hall–Kier alpha value is -1.36. The molecule has 5 heteroatoms. The number of hydrogen-bond donors (Lipinski definition) is 1. The second-order valence-electron chi connectivity index (χ2n) is 10.7. The molecule has 1 saturated heterocycles. The molecule has 0 aromatic carbocycles. The number of carbonyl (C=O) groups excluding carboxylic acids is 1. The summed E-state index contributed by atoms with van der Waals surface area (Å²) in [5.41, 5.74) is -0.280. The Balaban J connectivity index is 1.75. The van der Waals surface area contributed by atoms with Gasteiger partial charge in [-0.1, -0.05) is 26.3 Å². The lowest BCUT2D eigenvalue weighted by atomic mass is 9.44. The highest BCUT2D eigenvalue weighted by atomic mass is 16.5. The topological polar surface area (TPSA) is 72.8 Å². The largest absolute Gasteiger partial charge is 0.481 e. The van der Waals surface area contributed by atoms with Crippen LogP contribution in [-0.4, -0.2) is 34.9 Å². The Morgan fingerprint density at radius 3 is 2.41 bits per heavy atom. The summed E-state index contributed by atoms with van der Waals surface area (Å²) in [6, 6.07) is 0. The number of aliphatic carboxylic acids is 1. The minimum atomic E-state index is -0.964. The highest BCUT2D eigenvalue weighted by Crippen LogP contribution is 2.65. The smallest absolute Gasteiger partial charge is 0.306 e. The van der Waals surface area contributed by atoms with Crippen molar-refractivity contribution in [2.24, 2.45) is 22.7 Å². The molecule has 6 atom stereocenters. The summed E-state index contributed by atoms with van der Waals surface area (Å²) in [5, 5.41) is 8.78. The van der Waals surface area contributed by atoms with Gasteiger partial charge in [0.1, 0.15) is 0 Å². The van der Waals surface area contributed by atoms with Gasteiger partial charge < -0.3 is 14.6 Å². The van der Waals surface area contributed by atoms with E-state index in [4.69, 9.17) is 14.6 Å². The molecule has 3 aliphatic rings. The van der Waals surface area contributed by atoms with E-state index in [1.165, 1.54) is 6.42 Å². The average Bonchev–Trinajstić information content (AvgIpc) is 2.63. The third kappa shape index (κ3) is 4.12. The third-order valence-corrected chi connectivity index (χ3v) is 8.50. The number of ether oxygens (including phenoxy) is 2. The molecule has 1 heterocycles. The van der Waals surface area contributed by atoms with E-state index in [2.05, 4.69) is 34.3 Å². The molecular weight excluding hydrogens is 368 g/mol. The van der Waals surface area contributed by atoms with Crippen molar-refractivity contribution < 1.29 is 24.2 Å². The molecule has 2 saturated carbocycles. The second kappa shape index (κ2) is 7.72. The van der Waals surface area contributed by atoms with Gasteiger partial charge in [0.05, 0.1) is 30.7 Å². The normalized spacial score (nSPS) is 44.3. The maximum Gasteiger partial charge on any atom is 0.306 e. The second-order valence-corrected chi connectivity index (χ2v) is 10.7. The zero-order valence-corrected chi connectivity index (χ0v) is 18.6. The van der Waals surface area contributed by atoms with Crippen LogP contribution in [0.3, 0.4) is 0 Å². The molecule has 3 rings (SSSR count). The number of carbonyl (C=O) groups is 2. The summed E-state index contributed by atoms with van der Waals surface area (Å²) < 4.78 is 12.3. The first kappa shape index (κ1) is 22.3. The van der Waals surface area contributed by atoms with Crippen LogP contribution >= 0.6 is 0 Å². The monoisotopic (exact) mass is 406 g/mol. The van der Waals surface area contributed by atoms with Crippen molar-refractivity contribution in [3.8, 4) is 0 Å². The van der Waals surface area contributed by atoms with Crippen LogP contribution in [0.1, 0.15) is 85.5 Å². The summed E-state index contributed by atoms with van der Waals surface area (Å²) in [5.74, 6) is -0.395. The number of rotatable bonds is 6. The van der Waals surface area contributed by atoms with E-state index in [0.29, 0.717) is 18.4 Å². The number of hydrogen-bond acceptors (Lipinski definition) is 4. The van der Waals surface area contributed by atoms with Gasteiger partial charge in [0.2, 0.25) is 0 Å². The molecule has 6 unspecified atom stereocenters. The molecule has 29 heavy (non-hydrogen) atoms. The summed E-state index contributed by atoms with van der Waals surface area (Å²) in [6.07, 6.45) is 9.33. The van der Waals surface area contributed by atoms with E-state index in [9.17, 15) is 9.59 Å². The van der Waals surface area contributed by atoms with Crippen LogP contribution in [0, 0.1) is 22.7 Å². The Morgan fingerprint density at radius 2 is 1.76 bits per heavy atom. The predicted molar refractivity (Wildman–Crippen MR) is 111 cm³/mol. The van der Waals surface area contributed by atoms with Crippen LogP contribution in [-0.2, 0) is 19.1 Å². The molecule has 0 bridgehead atoms. The van der Waals surface area contributed by atoms with Gasteiger partial charge in [-0.3, -0.25) is 9.59 Å². The first-order chi connectivity index (χ1) is 13.5. The molecule has 0 radical (unpaired) electrons. The fourth-order valence-electron chi connectivity index (χ4n) is 7.03. The molecule has 0 amide bonds. The van der Waals surface area contributed by atoms with Gasteiger partial charge in [0.25, 0.3) is 0 Å². The molecule has 0 aromatic heterocycles. The van der Waals surface area contributed by atoms with Crippen molar-refractivity contribution >= 4 is 11.9 Å². The van der Waals surface area contributed by atoms with Crippen molar-refractivity contribution in [2.75, 3.05) is 6.61 Å². The zero-order valence-electron chi connectivity index (χ0n) is 18.6. The molecule has 0 spiro atoms. The third-order valence-electron chi connectivity index (χ3n) is 8.50. The Morgan fingerprint density at radius 1 is 1.07 bits per heavy atom. The van der Waals surface area contributed by atoms with Crippen LogP contribution in [0.4, 0.5) is 0 Å². The van der Waals surface area contributed by atoms with E-state index in [1.54, 1.807) is 0 Å². The quantitative estimate of drug-likeness (QED) is 0.489. The van der Waals surface area contributed by atoms with E-state index < -0.39 is 11.9 Å². The van der Waals surface area contributed by atoms with E-state index in [-0.39, 0.29) is 34.9 Å². The zero-order chi connectivity index (χ0) is 21.5. The van der Waals surface area contributed by atoms with Gasteiger partial charge in [-0.15, -0.1) is 6.58 Å². The first-order valence-electron chi connectivity index (χ1n) is 11.2. The van der Waals surface area contributed by atoms with Gasteiger partial charge >= 0.3 is 11.9 Å². The molecule has 0 aromatic rings. The predicted octanol–water partition coefficient (Wildman–Crippen LogP) is 5.13. The summed E-state index contributed by atoms with van der Waals surface area (Å²) in [7, 11) is 0. The number of carboxylic acid groups (broad SMARTS) is 1. The standard InChI is InChI=1S/C24H38O5/c1-6-22(3)14-10-18-23(4)13-7-12-21(2,16-28-20(27)9-8-19(25)26)17(23)11-15-24(18,5)29-22/h6,17-18H,1,7-16H2,2-5H3,(H,25,26). The molecule has 3 fully saturated rings. The molecule has 164 valence electrons. The van der Waals surface area contributed by atoms with Gasteiger partial charge in [-0.05, 0) is 69.6 Å². The van der Waals surface area contributed by atoms with E-state index >= 15 is 0 Å². The highest BCUT2D eigenvalue weighted by molar-refractivity contribution is 5.76. The van der Waals surface area contributed by atoms with Crippen LogP contribution in [0.2, 0.25) is 0 Å². The maximum atomic E-state index is 12.0. The van der Waals surface area contributed by atoms with Crippen molar-refractivity contribution in [3.63, 3.8) is 0 Å². The van der Waals surface area contributed by atoms with Crippen LogP contribution in [0.5, 0.6) is 0 Å². The first-order valence-corrected chi connectivity index (χ1v) is 11.2. The van der Waals surface area contributed by atoms with Crippen LogP contribution in [0.25, 0.3) is 0 Å². The van der Waals surface area contributed by atoms with Gasteiger partial charge in [0.15, 0.2) is 0 Å². The average molecular weight is 407 g/mol. The molecule has 5 nitrogen and oxygen atoms in total. The Kier molecular flexibility index (Phi) is 5.94. The lowest BCUT2D eigenvalue weighted by Crippen LogP contribution is -2.63. The van der Waals surface area contributed by atoms with E-state index in [1.807, 2.05) is 6.08 Å². The van der Waals surface area contributed by atoms with Gasteiger partial charge in [0, 0.05) is 5.41 Å². The van der Waals surface area contributed by atoms with Crippen molar-refractivity contribution in [1.29, 1.82) is 0 Å². The van der Waals surface area contributed by atoms with Gasteiger partial charge in [-0.25, -0.2) is 0 Å². The molecule has 2 aliphatic carbocycles. The molecular formula is C24H38O5. The highest BCUT2D eigenvalue weighted by Gasteiger charge is 2.62. The lowest BCUT2D eigenvalue weighted by molar-refractivity contribution is -0.257. The number of esters is 1. The summed E-state index contributed by atoms with van der Waals surface area (Å²) in [4.78, 5) is 22.7. The molecule has 1 N–H and O–H groups in total. The maximum absolute atomic E-state index is 12.0. The van der Waals surface area contributed by atoms with Crippen LogP contribution in [0.15, 0.2) is 12.7 Å². The minimum absolute atomic E-state index is 0.0536. The number of fused-ring (bicyclic) bond motifs is 3. The summed E-state index contributed by atoms with van der Waals surface area (Å²) >= 11 is 0. The van der Waals surface area contributed by atoms with Crippen molar-refractivity contribution in [1.82, 2.24) is 0 Å². The minimum Gasteiger partial charge on any atom is -0.481 e. The van der Waals surface area contributed by atoms with Gasteiger partial charge in [-0.2, -0.15) is 0 Å². The Labute approximate surface area is 175 Å². The number of carboxylic acids is 1.